The smallest absolute Gasteiger partial charge is 0.274 e. The van der Waals surface area contributed by atoms with Crippen molar-refractivity contribution in [2.45, 2.75) is 0 Å². The molecule has 0 aliphatic rings. The van der Waals surface area contributed by atoms with Gasteiger partial charge in [-0.25, -0.2) is 5.43 Å². The van der Waals surface area contributed by atoms with Crippen LogP contribution in [0.15, 0.2) is 71.8 Å². The van der Waals surface area contributed by atoms with Gasteiger partial charge < -0.3 is 5.73 Å². The third kappa shape index (κ3) is 3.64. The van der Waals surface area contributed by atoms with Gasteiger partial charge in [-0.3, -0.25) is 4.79 Å². The van der Waals surface area contributed by atoms with E-state index < -0.39 is 0 Å². The summed E-state index contributed by atoms with van der Waals surface area (Å²) < 4.78 is 0. The van der Waals surface area contributed by atoms with Crippen LogP contribution in [0, 0.1) is 0 Å². The number of rotatable bonds is 4. The minimum atomic E-state index is -0.312. The summed E-state index contributed by atoms with van der Waals surface area (Å²) in [6.45, 7) is 0. The molecule has 2 aromatic carbocycles. The first-order valence-corrected chi connectivity index (χ1v) is 7.89. The molecule has 0 radical (unpaired) electrons. The molecule has 23 heavy (non-hydrogen) atoms. The molecule has 0 bridgehead atoms. The predicted molar refractivity (Wildman–Crippen MR) is 95.7 cm³/mol. The normalized spacial score (nSPS) is 10.8. The molecule has 3 rings (SSSR count). The Balaban J connectivity index is 1.73. The molecule has 3 aromatic rings. The number of thiophene rings is 1. The summed E-state index contributed by atoms with van der Waals surface area (Å²) in [5.74, 6) is -0.312. The van der Waals surface area contributed by atoms with Crippen LogP contribution in [0.3, 0.4) is 0 Å². The van der Waals surface area contributed by atoms with E-state index in [0.29, 0.717) is 10.6 Å². The zero-order valence-corrected chi connectivity index (χ0v) is 13.1. The number of hydrogen-bond donors (Lipinski definition) is 2. The maximum atomic E-state index is 12.2. The lowest BCUT2D eigenvalue weighted by Crippen LogP contribution is -2.17. The van der Waals surface area contributed by atoms with Crippen LogP contribution in [0.1, 0.15) is 15.9 Å². The fraction of sp³-hybridized carbons (Fsp3) is 0. The number of nitrogens with two attached hydrogens (primary N) is 1. The van der Waals surface area contributed by atoms with E-state index in [0.717, 1.165) is 16.0 Å². The van der Waals surface area contributed by atoms with Gasteiger partial charge >= 0.3 is 0 Å². The number of amides is 1. The number of hydrazone groups is 1. The molecule has 1 amide bonds. The Bertz CT molecular complexity index is 826. The fourth-order valence-corrected chi connectivity index (χ4v) is 3.02. The summed E-state index contributed by atoms with van der Waals surface area (Å²) in [6, 6.07) is 21.2. The van der Waals surface area contributed by atoms with Crippen LogP contribution in [0.2, 0.25) is 0 Å². The topological polar surface area (TPSA) is 67.5 Å². The highest BCUT2D eigenvalue weighted by atomic mass is 32.1. The first-order valence-electron chi connectivity index (χ1n) is 7.07. The highest BCUT2D eigenvalue weighted by Gasteiger charge is 2.14. The molecular weight excluding hydrogens is 306 g/mol. The number of anilines is 1. The highest BCUT2D eigenvalue weighted by Crippen LogP contribution is 2.33. The van der Waals surface area contributed by atoms with E-state index in [9.17, 15) is 4.79 Å². The van der Waals surface area contributed by atoms with Crippen molar-refractivity contribution >= 4 is 28.5 Å². The van der Waals surface area contributed by atoms with E-state index >= 15 is 0 Å². The average Bonchev–Trinajstić information content (AvgIpc) is 2.98. The third-order valence-corrected chi connectivity index (χ3v) is 4.26. The Labute approximate surface area is 138 Å². The molecule has 114 valence electrons. The molecule has 0 atom stereocenters. The first kappa shape index (κ1) is 15.0. The van der Waals surface area contributed by atoms with Gasteiger partial charge in [0.2, 0.25) is 0 Å². The van der Waals surface area contributed by atoms with Gasteiger partial charge in [-0.15, -0.1) is 11.3 Å². The lowest BCUT2D eigenvalue weighted by molar-refractivity contribution is 0.0956. The number of nitrogen functional groups attached to an aromatic ring is 1. The molecule has 3 N–H and O–H groups in total. The van der Waals surface area contributed by atoms with E-state index in [1.807, 2.05) is 60.7 Å². The van der Waals surface area contributed by atoms with Crippen LogP contribution in [-0.4, -0.2) is 12.1 Å². The number of carbonyl (C=O) groups excluding carboxylic acids is 1. The summed E-state index contributed by atoms with van der Waals surface area (Å²) >= 11 is 1.39. The average molecular weight is 321 g/mol. The second-order valence-corrected chi connectivity index (χ2v) is 5.95. The molecule has 1 heterocycles. The van der Waals surface area contributed by atoms with E-state index in [4.69, 9.17) is 5.73 Å². The molecule has 0 saturated carbocycles. The van der Waals surface area contributed by atoms with Gasteiger partial charge in [-0.1, -0.05) is 60.7 Å². The first-order chi connectivity index (χ1) is 11.2. The Morgan fingerprint density at radius 2 is 1.70 bits per heavy atom. The van der Waals surface area contributed by atoms with Gasteiger partial charge in [-0.2, -0.15) is 5.10 Å². The van der Waals surface area contributed by atoms with E-state index in [2.05, 4.69) is 10.5 Å². The van der Waals surface area contributed by atoms with E-state index in [1.165, 1.54) is 11.3 Å². The Morgan fingerprint density at radius 3 is 2.39 bits per heavy atom. The Hall–Kier alpha value is -2.92. The Kier molecular flexibility index (Phi) is 4.49. The van der Waals surface area contributed by atoms with Crippen LogP contribution in [0.5, 0.6) is 0 Å². The van der Waals surface area contributed by atoms with Gasteiger partial charge in [0.15, 0.2) is 0 Å². The maximum Gasteiger partial charge on any atom is 0.274 e. The van der Waals surface area contributed by atoms with Crippen LogP contribution < -0.4 is 11.2 Å². The monoisotopic (exact) mass is 321 g/mol. The molecule has 0 aliphatic heterocycles. The van der Waals surface area contributed by atoms with Gasteiger partial charge in [0.05, 0.1) is 16.8 Å². The van der Waals surface area contributed by atoms with Gasteiger partial charge in [-0.05, 0) is 17.2 Å². The van der Waals surface area contributed by atoms with Gasteiger partial charge in [0.25, 0.3) is 5.91 Å². The summed E-state index contributed by atoms with van der Waals surface area (Å²) in [7, 11) is 0. The summed E-state index contributed by atoms with van der Waals surface area (Å²) in [4.78, 5) is 13.2. The standard InChI is InChI=1S/C18H15N3OS/c19-17-15(11-16(23-17)14-9-5-2-6-10-14)18(22)21-20-12-13-7-3-1-4-8-13/h1-12H,19H2,(H,21,22). The molecular formula is C18H15N3OS. The van der Waals surface area contributed by atoms with Gasteiger partial charge in [0, 0.05) is 4.88 Å². The molecule has 0 unspecified atom stereocenters. The third-order valence-electron chi connectivity index (χ3n) is 3.24. The lowest BCUT2D eigenvalue weighted by Gasteiger charge is -1.98. The molecule has 0 saturated heterocycles. The Morgan fingerprint density at radius 1 is 1.04 bits per heavy atom. The summed E-state index contributed by atoms with van der Waals surface area (Å²) in [5.41, 5.74) is 10.9. The molecule has 4 nitrogen and oxygen atoms in total. The zero-order chi connectivity index (χ0) is 16.1. The molecule has 0 aliphatic carbocycles. The zero-order valence-electron chi connectivity index (χ0n) is 12.3. The largest absolute Gasteiger partial charge is 0.390 e. The number of nitrogens with zero attached hydrogens (tertiary/aromatic N) is 1. The molecule has 1 aromatic heterocycles. The van der Waals surface area contributed by atoms with Crippen molar-refractivity contribution in [1.29, 1.82) is 0 Å². The van der Waals surface area contributed by atoms with Crippen LogP contribution >= 0.6 is 11.3 Å². The van der Waals surface area contributed by atoms with E-state index in [1.54, 1.807) is 12.3 Å². The number of benzene rings is 2. The lowest BCUT2D eigenvalue weighted by atomic mass is 10.1. The molecule has 0 spiro atoms. The van der Waals surface area contributed by atoms with Crippen LogP contribution in [-0.2, 0) is 0 Å². The number of carbonyl (C=O) groups is 1. The summed E-state index contributed by atoms with van der Waals surface area (Å²) in [5, 5.41) is 4.45. The molecule has 0 fully saturated rings. The minimum absolute atomic E-state index is 0.312. The SMILES string of the molecule is Nc1sc(-c2ccccc2)cc1C(=O)NN=Cc1ccccc1. The fourth-order valence-electron chi connectivity index (χ4n) is 2.09. The second kappa shape index (κ2) is 6.89. The van der Waals surface area contributed by atoms with Gasteiger partial charge in [0.1, 0.15) is 0 Å². The number of hydrogen-bond acceptors (Lipinski definition) is 4. The predicted octanol–water partition coefficient (Wildman–Crippen LogP) is 3.76. The van der Waals surface area contributed by atoms with Crippen molar-refractivity contribution in [2.24, 2.45) is 5.10 Å². The van der Waals surface area contributed by atoms with Crippen molar-refractivity contribution in [3.05, 3.63) is 77.9 Å². The summed E-state index contributed by atoms with van der Waals surface area (Å²) in [6.07, 6.45) is 1.60. The van der Waals surface area contributed by atoms with Crippen LogP contribution in [0.4, 0.5) is 5.00 Å². The van der Waals surface area contributed by atoms with Crippen molar-refractivity contribution in [3.8, 4) is 10.4 Å². The quantitative estimate of drug-likeness (QED) is 0.567. The molecule has 5 heteroatoms. The minimum Gasteiger partial charge on any atom is -0.390 e. The van der Waals surface area contributed by atoms with Crippen molar-refractivity contribution in [2.75, 3.05) is 5.73 Å². The maximum absolute atomic E-state index is 12.2. The highest BCUT2D eigenvalue weighted by molar-refractivity contribution is 7.19. The van der Waals surface area contributed by atoms with Crippen molar-refractivity contribution in [3.63, 3.8) is 0 Å². The van der Waals surface area contributed by atoms with Crippen molar-refractivity contribution in [1.82, 2.24) is 5.43 Å². The second-order valence-electron chi connectivity index (χ2n) is 4.86. The number of nitrogens with one attached hydrogen (secondary N) is 1. The van der Waals surface area contributed by atoms with Crippen LogP contribution in [0.25, 0.3) is 10.4 Å². The van der Waals surface area contributed by atoms with Crippen molar-refractivity contribution < 1.29 is 4.79 Å². The van der Waals surface area contributed by atoms with E-state index in [-0.39, 0.29) is 5.91 Å².